The monoisotopic (exact) mass is 492 g/mol. The van der Waals surface area contributed by atoms with Crippen LogP contribution in [0.25, 0.3) is 76.5 Å². The van der Waals surface area contributed by atoms with E-state index in [0.717, 1.165) is 0 Å². The largest absolute Gasteiger partial charge is 0.456 e. The lowest BCUT2D eigenvalue weighted by Crippen LogP contribution is -1.90. The lowest BCUT2D eigenvalue weighted by Gasteiger charge is -2.17. The Balaban J connectivity index is 1.74. The summed E-state index contributed by atoms with van der Waals surface area (Å²) in [4.78, 5) is 0. The van der Waals surface area contributed by atoms with Crippen molar-refractivity contribution in [3.05, 3.63) is 133 Å². The molecule has 0 radical (unpaired) electrons. The Hall–Kier alpha value is -4.88. The normalized spacial score (nSPS) is 20.1. The maximum Gasteiger partial charge on any atom is 0.136 e. The summed E-state index contributed by atoms with van der Waals surface area (Å²) in [5.41, 5.74) is -3.59. The van der Waals surface area contributed by atoms with E-state index < -0.39 is 209 Å². The molecule has 0 saturated carbocycles. The molecule has 1 heterocycles. The predicted octanol–water partition coefficient (Wildman–Crippen LogP) is 10.4. The minimum absolute atomic E-state index is 0.393. The summed E-state index contributed by atoms with van der Waals surface area (Å²) in [6, 6.07) is -18.1. The molecule has 0 amide bonds. The van der Waals surface area contributed by atoms with Gasteiger partial charge in [-0.15, -0.1) is 0 Å². The molecule has 7 aromatic carbocycles. The van der Waals surface area contributed by atoms with Crippen molar-refractivity contribution in [3.63, 3.8) is 0 Å². The fraction of sp³-hybridized carbons (Fsp3) is 0. The predicted molar refractivity (Wildman–Crippen MR) is 157 cm³/mol. The highest BCUT2D eigenvalue weighted by molar-refractivity contribution is 6.22. The van der Waals surface area contributed by atoms with E-state index in [-0.39, 0.29) is 0 Å². The number of rotatable bonds is 2. The summed E-state index contributed by atoms with van der Waals surface area (Å²) in [6.45, 7) is 0. The van der Waals surface area contributed by atoms with E-state index in [0.29, 0.717) is 0 Å². The van der Waals surface area contributed by atoms with Crippen molar-refractivity contribution in [2.75, 3.05) is 0 Å². The summed E-state index contributed by atoms with van der Waals surface area (Å²) in [7, 11) is 0. The van der Waals surface area contributed by atoms with Gasteiger partial charge in [-0.1, -0.05) is 109 Å². The van der Waals surface area contributed by atoms with Crippen LogP contribution in [0.3, 0.4) is 0 Å². The maximum atomic E-state index is 9.64. The third-order valence-corrected chi connectivity index (χ3v) is 6.01. The Bertz CT molecular complexity index is 3240. The molecule has 0 fully saturated rings. The van der Waals surface area contributed by atoms with Gasteiger partial charge in [-0.3, -0.25) is 0 Å². The highest BCUT2D eigenvalue weighted by Crippen LogP contribution is 2.44. The van der Waals surface area contributed by atoms with Crippen molar-refractivity contribution >= 4 is 54.3 Å². The summed E-state index contributed by atoms with van der Waals surface area (Å²) in [5, 5.41) is -4.12. The molecule has 8 aromatic rings. The van der Waals surface area contributed by atoms with Crippen LogP contribution in [0.4, 0.5) is 0 Å². The topological polar surface area (TPSA) is 13.1 Å². The van der Waals surface area contributed by atoms with E-state index >= 15 is 0 Å². The van der Waals surface area contributed by atoms with E-state index in [2.05, 4.69) is 0 Å². The molecule has 172 valence electrons. The van der Waals surface area contributed by atoms with Crippen LogP contribution in [-0.2, 0) is 0 Å². The van der Waals surface area contributed by atoms with Gasteiger partial charge in [-0.2, -0.15) is 0 Å². The van der Waals surface area contributed by atoms with Crippen molar-refractivity contribution in [1.82, 2.24) is 0 Å². The van der Waals surface area contributed by atoms with Gasteiger partial charge in [0.05, 0.1) is 30.2 Å². The zero-order chi connectivity index (χ0) is 43.5. The second-order valence-corrected chi connectivity index (χ2v) is 8.01. The number of hydrogen-bond acceptors (Lipinski definition) is 1. The molecule has 37 heavy (non-hydrogen) atoms. The lowest BCUT2D eigenvalue weighted by atomic mass is 9.86. The van der Waals surface area contributed by atoms with Crippen LogP contribution < -0.4 is 0 Å². The molecule has 0 spiro atoms. The van der Waals surface area contributed by atoms with Gasteiger partial charge in [0.1, 0.15) is 11.2 Å². The molecule has 0 aliphatic carbocycles. The molecule has 0 bridgehead atoms. The summed E-state index contributed by atoms with van der Waals surface area (Å²) >= 11 is 0. The first-order valence-electron chi connectivity index (χ1n) is 21.9. The van der Waals surface area contributed by atoms with Crippen molar-refractivity contribution in [2.24, 2.45) is 0 Å². The minimum Gasteiger partial charge on any atom is -0.456 e. The Morgan fingerprint density at radius 3 is 1.54 bits per heavy atom. The third-order valence-electron chi connectivity index (χ3n) is 6.01. The van der Waals surface area contributed by atoms with E-state index in [9.17, 15) is 5.48 Å². The lowest BCUT2D eigenvalue weighted by molar-refractivity contribution is 0.669. The number of furan rings is 1. The summed E-state index contributed by atoms with van der Waals surface area (Å²) < 4.78 is 199. The number of hydrogen-bond donors (Lipinski definition) is 0. The first kappa shape index (κ1) is 8.33. The molecule has 1 aromatic heterocycles. The quantitative estimate of drug-likeness (QED) is 0.219. The molecule has 0 aliphatic rings. The van der Waals surface area contributed by atoms with Crippen molar-refractivity contribution in [2.45, 2.75) is 0 Å². The minimum atomic E-state index is -0.900. The van der Waals surface area contributed by atoms with Gasteiger partial charge in [0, 0.05) is 10.8 Å². The smallest absolute Gasteiger partial charge is 0.136 e. The van der Waals surface area contributed by atoms with Crippen molar-refractivity contribution in [1.29, 1.82) is 0 Å². The SMILES string of the molecule is [2H]c1c([2H])c([2H])c(-c2c3c([2H])c([2H])c([2H])c([2H])c3c(-c3c([2H])c([2H])c4oc5c([2H])c6c([2H])c([2H])c([2H])c([2H])c6c([2H])c5c4c3[2H])c3c([2H])c([2H])c([2H])c([2H])c23)c([2H])c1[2H]. The van der Waals surface area contributed by atoms with Gasteiger partial charge in [0.25, 0.3) is 0 Å². The van der Waals surface area contributed by atoms with Crippen molar-refractivity contribution < 1.29 is 34.6 Å². The van der Waals surface area contributed by atoms with Gasteiger partial charge in [0.2, 0.25) is 0 Å². The Labute approximate surface area is 245 Å². The fourth-order valence-electron chi connectivity index (χ4n) is 4.48. The standard InChI is InChI=1S/C36H22O/c1-2-10-23(11-3-1)35-27-14-6-8-16-29(27)36(30-17-9-7-15-28(30)35)26-18-19-33-31(21-26)32-20-24-12-4-5-13-25(24)22-34(32)37-33/h1-22H/i1D,2D,3D,4D,5D,6D,7D,8D,9D,10D,11D,12D,13D,14D,15D,16D,17D,18D,19D,20D,21D,22D. The Kier molecular flexibility index (Phi) is 1.76. The van der Waals surface area contributed by atoms with Crippen LogP contribution in [0.1, 0.15) is 30.2 Å². The van der Waals surface area contributed by atoms with E-state index in [1.54, 1.807) is 0 Å². The second kappa shape index (κ2) is 7.81. The summed E-state index contributed by atoms with van der Waals surface area (Å²) in [6.07, 6.45) is 0. The first-order valence-corrected chi connectivity index (χ1v) is 10.9. The van der Waals surface area contributed by atoms with E-state index in [1.165, 1.54) is 0 Å². The van der Waals surface area contributed by atoms with Crippen LogP contribution >= 0.6 is 0 Å². The van der Waals surface area contributed by atoms with Crippen LogP contribution in [-0.4, -0.2) is 0 Å². The van der Waals surface area contributed by atoms with Gasteiger partial charge < -0.3 is 4.42 Å². The highest BCUT2D eigenvalue weighted by atomic mass is 16.3. The zero-order valence-corrected chi connectivity index (χ0v) is 18.4. The molecule has 1 heteroatoms. The van der Waals surface area contributed by atoms with Gasteiger partial charge in [-0.05, 0) is 78.7 Å². The second-order valence-electron chi connectivity index (χ2n) is 8.01. The molecular weight excluding hydrogens is 448 g/mol. The highest BCUT2D eigenvalue weighted by Gasteiger charge is 2.17. The van der Waals surface area contributed by atoms with Gasteiger partial charge >= 0.3 is 0 Å². The van der Waals surface area contributed by atoms with Crippen LogP contribution in [0.15, 0.2) is 137 Å². The van der Waals surface area contributed by atoms with Gasteiger partial charge in [-0.25, -0.2) is 0 Å². The van der Waals surface area contributed by atoms with Crippen LogP contribution in [0, 0.1) is 0 Å². The zero-order valence-electron chi connectivity index (χ0n) is 40.4. The molecule has 1 nitrogen and oxygen atoms in total. The molecule has 0 aliphatic heterocycles. The molecule has 0 unspecified atom stereocenters. The van der Waals surface area contributed by atoms with E-state index in [1.807, 2.05) is 0 Å². The van der Waals surface area contributed by atoms with Crippen LogP contribution in [0.2, 0.25) is 0 Å². The molecule has 0 N–H and O–H groups in total. The van der Waals surface area contributed by atoms with E-state index in [4.69, 9.17) is 29.1 Å². The third kappa shape index (κ3) is 3.04. The molecule has 8 rings (SSSR count). The Morgan fingerprint density at radius 2 is 0.892 bits per heavy atom. The average molecular weight is 493 g/mol. The Morgan fingerprint density at radius 1 is 0.378 bits per heavy atom. The number of fused-ring (bicyclic) bond motifs is 6. The molecule has 0 atom stereocenters. The molecular formula is C36H22O. The van der Waals surface area contributed by atoms with Gasteiger partial charge in [0.15, 0.2) is 0 Å². The fourth-order valence-corrected chi connectivity index (χ4v) is 4.48. The molecule has 0 saturated heterocycles. The summed E-state index contributed by atoms with van der Waals surface area (Å²) in [5.74, 6) is 0. The number of benzene rings is 7. The van der Waals surface area contributed by atoms with Crippen LogP contribution in [0.5, 0.6) is 0 Å². The van der Waals surface area contributed by atoms with Crippen molar-refractivity contribution in [3.8, 4) is 22.3 Å². The average Bonchev–Trinajstić information content (AvgIpc) is 3.62. The first-order chi connectivity index (χ1) is 27.5. The maximum absolute atomic E-state index is 9.64.